The number of carbonyl (C=O) groups is 1. The van der Waals surface area contributed by atoms with Crippen molar-refractivity contribution in [2.45, 2.75) is 51.7 Å². The van der Waals surface area contributed by atoms with Gasteiger partial charge in [-0.15, -0.1) is 0 Å². The van der Waals surface area contributed by atoms with Crippen molar-refractivity contribution >= 4 is 27.7 Å². The van der Waals surface area contributed by atoms with Gasteiger partial charge in [0, 0.05) is 25.7 Å². The Balaban J connectivity index is 1.85. The van der Waals surface area contributed by atoms with Crippen LogP contribution in [0.4, 0.5) is 0 Å². The maximum atomic E-state index is 12.7. The molecule has 1 heterocycles. The number of amides is 1. The lowest BCUT2D eigenvalue weighted by Gasteiger charge is -2.33. The number of thioether (sulfide) groups is 1. The van der Waals surface area contributed by atoms with Crippen LogP contribution in [0.2, 0.25) is 0 Å². The van der Waals surface area contributed by atoms with Crippen LogP contribution in [0.3, 0.4) is 0 Å². The highest BCUT2D eigenvalue weighted by atomic mass is 32.2. The third-order valence-corrected chi connectivity index (χ3v) is 7.27. The predicted octanol–water partition coefficient (Wildman–Crippen LogP) is 2.14. The van der Waals surface area contributed by atoms with Gasteiger partial charge in [0.05, 0.1) is 5.75 Å². The van der Waals surface area contributed by atoms with Crippen molar-refractivity contribution in [1.82, 2.24) is 14.9 Å². The minimum atomic E-state index is -3.41. The van der Waals surface area contributed by atoms with Gasteiger partial charge in [0.15, 0.2) is 0 Å². The molecule has 0 bridgehead atoms. The zero-order valence-corrected chi connectivity index (χ0v) is 18.7. The maximum Gasteiger partial charge on any atom is 0.238 e. The Morgan fingerprint density at radius 1 is 1.29 bits per heavy atom. The first-order valence-electron chi connectivity index (χ1n) is 9.90. The first-order valence-corrected chi connectivity index (χ1v) is 13.0. The molecule has 1 aliphatic heterocycles. The Morgan fingerprint density at radius 2 is 1.96 bits per heavy atom. The van der Waals surface area contributed by atoms with Crippen LogP contribution in [0.15, 0.2) is 24.3 Å². The van der Waals surface area contributed by atoms with E-state index < -0.39 is 16.1 Å². The molecule has 2 rings (SSSR count). The van der Waals surface area contributed by atoms with Gasteiger partial charge >= 0.3 is 0 Å². The van der Waals surface area contributed by atoms with Crippen molar-refractivity contribution in [1.29, 1.82) is 0 Å². The number of hydrogen-bond acceptors (Lipinski definition) is 5. The summed E-state index contributed by atoms with van der Waals surface area (Å²) in [4.78, 5) is 15.1. The highest BCUT2D eigenvalue weighted by Crippen LogP contribution is 2.16. The van der Waals surface area contributed by atoms with Crippen LogP contribution in [0.1, 0.15) is 37.3 Å². The van der Waals surface area contributed by atoms with E-state index in [9.17, 15) is 13.2 Å². The number of carbonyl (C=O) groups excluding carboxylic acids is 1. The van der Waals surface area contributed by atoms with E-state index in [0.29, 0.717) is 6.42 Å². The van der Waals surface area contributed by atoms with Gasteiger partial charge in [-0.3, -0.25) is 9.69 Å². The average molecular weight is 428 g/mol. The van der Waals surface area contributed by atoms with Gasteiger partial charge in [-0.25, -0.2) is 13.1 Å². The molecule has 1 aromatic carbocycles. The molecule has 1 aliphatic rings. The highest BCUT2D eigenvalue weighted by Gasteiger charge is 2.27. The van der Waals surface area contributed by atoms with E-state index in [-0.39, 0.29) is 17.7 Å². The molecule has 158 valence electrons. The zero-order chi connectivity index (χ0) is 20.6. The molecule has 0 aromatic heterocycles. The lowest BCUT2D eigenvalue weighted by molar-refractivity contribution is -0.123. The number of rotatable bonds is 10. The summed E-state index contributed by atoms with van der Waals surface area (Å²) in [6.07, 6.45) is 4.21. The van der Waals surface area contributed by atoms with E-state index in [0.717, 1.165) is 38.2 Å². The molecule has 1 amide bonds. The predicted molar refractivity (Wildman–Crippen MR) is 117 cm³/mol. The SMILES string of the molecule is CCS(=O)(=O)NC(CCSC)C(=O)NC1CCN(Cc2ccccc2C)CC1. The zero-order valence-electron chi connectivity index (χ0n) is 17.1. The van der Waals surface area contributed by atoms with Gasteiger partial charge in [0.1, 0.15) is 6.04 Å². The first-order chi connectivity index (χ1) is 13.3. The Hall–Kier alpha value is -1.09. The van der Waals surface area contributed by atoms with Crippen LogP contribution < -0.4 is 10.0 Å². The number of piperidine rings is 1. The molecule has 0 radical (unpaired) electrons. The third kappa shape index (κ3) is 7.39. The fourth-order valence-electron chi connectivity index (χ4n) is 3.34. The standard InChI is InChI=1S/C20H33N3O3S2/c1-4-28(25,26)22-19(11-14-27-3)20(24)21-18-9-12-23(13-10-18)15-17-8-6-5-7-16(17)2/h5-8,18-19,22H,4,9-15H2,1-3H3,(H,21,24). The minimum absolute atomic E-state index is 0.0205. The molecule has 1 saturated heterocycles. The largest absolute Gasteiger partial charge is 0.352 e. The Morgan fingerprint density at radius 3 is 2.57 bits per heavy atom. The lowest BCUT2D eigenvalue weighted by Crippen LogP contribution is -2.52. The molecule has 6 nitrogen and oxygen atoms in total. The maximum absolute atomic E-state index is 12.7. The quantitative estimate of drug-likeness (QED) is 0.598. The monoisotopic (exact) mass is 427 g/mol. The normalized spacial score (nSPS) is 17.4. The summed E-state index contributed by atoms with van der Waals surface area (Å²) in [5.41, 5.74) is 2.65. The van der Waals surface area contributed by atoms with Crippen LogP contribution in [-0.2, 0) is 21.4 Å². The molecule has 2 N–H and O–H groups in total. The molecular formula is C20H33N3O3S2. The fourth-order valence-corrected chi connectivity index (χ4v) is 4.64. The van der Waals surface area contributed by atoms with Crippen molar-refractivity contribution in [2.75, 3.05) is 30.9 Å². The molecule has 0 spiro atoms. The molecule has 1 aromatic rings. The average Bonchev–Trinajstić information content (AvgIpc) is 2.68. The number of sulfonamides is 1. The van der Waals surface area contributed by atoms with E-state index in [1.165, 1.54) is 11.1 Å². The van der Waals surface area contributed by atoms with E-state index in [2.05, 4.69) is 46.1 Å². The van der Waals surface area contributed by atoms with Gasteiger partial charge in [-0.2, -0.15) is 11.8 Å². The summed E-state index contributed by atoms with van der Waals surface area (Å²) < 4.78 is 26.4. The molecule has 1 unspecified atom stereocenters. The van der Waals surface area contributed by atoms with Crippen molar-refractivity contribution in [3.05, 3.63) is 35.4 Å². The summed E-state index contributed by atoms with van der Waals surface area (Å²) in [7, 11) is -3.41. The Kier molecular flexibility index (Phi) is 9.27. The summed E-state index contributed by atoms with van der Waals surface area (Å²) >= 11 is 1.61. The smallest absolute Gasteiger partial charge is 0.238 e. The first kappa shape index (κ1) is 23.2. The van der Waals surface area contributed by atoms with Crippen molar-refractivity contribution in [3.8, 4) is 0 Å². The van der Waals surface area contributed by atoms with Gasteiger partial charge in [-0.05, 0) is 56.2 Å². The molecule has 1 atom stereocenters. The lowest BCUT2D eigenvalue weighted by atomic mass is 10.0. The van der Waals surface area contributed by atoms with Gasteiger partial charge in [0.25, 0.3) is 0 Å². The number of nitrogens with one attached hydrogen (secondary N) is 2. The van der Waals surface area contributed by atoms with E-state index in [1.807, 2.05) is 6.26 Å². The highest BCUT2D eigenvalue weighted by molar-refractivity contribution is 7.98. The van der Waals surface area contributed by atoms with E-state index >= 15 is 0 Å². The van der Waals surface area contributed by atoms with Crippen LogP contribution in [0.5, 0.6) is 0 Å². The van der Waals surface area contributed by atoms with E-state index in [1.54, 1.807) is 18.7 Å². The molecule has 0 saturated carbocycles. The van der Waals surface area contributed by atoms with Gasteiger partial charge < -0.3 is 5.32 Å². The van der Waals surface area contributed by atoms with Crippen LogP contribution in [0, 0.1) is 6.92 Å². The Bertz CT molecular complexity index is 732. The molecule has 1 fully saturated rings. The van der Waals surface area contributed by atoms with Crippen molar-refractivity contribution in [2.24, 2.45) is 0 Å². The number of hydrogen-bond donors (Lipinski definition) is 2. The summed E-state index contributed by atoms with van der Waals surface area (Å²) in [5.74, 6) is 0.510. The summed E-state index contributed by atoms with van der Waals surface area (Å²) in [5, 5.41) is 3.07. The third-order valence-electron chi connectivity index (χ3n) is 5.22. The van der Waals surface area contributed by atoms with Crippen molar-refractivity contribution in [3.63, 3.8) is 0 Å². The minimum Gasteiger partial charge on any atom is -0.352 e. The molecular weight excluding hydrogens is 394 g/mol. The molecule has 8 heteroatoms. The molecule has 28 heavy (non-hydrogen) atoms. The molecule has 0 aliphatic carbocycles. The van der Waals surface area contributed by atoms with Gasteiger partial charge in [-0.1, -0.05) is 24.3 Å². The second kappa shape index (κ2) is 11.2. The van der Waals surface area contributed by atoms with Crippen LogP contribution in [-0.4, -0.2) is 62.2 Å². The van der Waals surface area contributed by atoms with Crippen LogP contribution in [0.25, 0.3) is 0 Å². The number of likely N-dealkylation sites (tertiary alicyclic amines) is 1. The number of benzene rings is 1. The van der Waals surface area contributed by atoms with Crippen LogP contribution >= 0.6 is 11.8 Å². The Labute approximate surface area is 173 Å². The van der Waals surface area contributed by atoms with Crippen molar-refractivity contribution < 1.29 is 13.2 Å². The van der Waals surface area contributed by atoms with E-state index in [4.69, 9.17) is 0 Å². The number of aryl methyl sites for hydroxylation is 1. The van der Waals surface area contributed by atoms with Gasteiger partial charge in [0.2, 0.25) is 15.9 Å². The fraction of sp³-hybridized carbons (Fsp3) is 0.650. The summed E-state index contributed by atoms with van der Waals surface area (Å²) in [6.45, 7) is 6.50. The number of nitrogens with zero attached hydrogens (tertiary/aromatic N) is 1. The second-order valence-electron chi connectivity index (χ2n) is 7.34. The second-order valence-corrected chi connectivity index (χ2v) is 10.4. The topological polar surface area (TPSA) is 78.5 Å². The summed E-state index contributed by atoms with van der Waals surface area (Å²) in [6, 6.07) is 7.83.